The van der Waals surface area contributed by atoms with Crippen LogP contribution < -0.4 is 5.32 Å². The van der Waals surface area contributed by atoms with E-state index in [0.29, 0.717) is 11.3 Å². The van der Waals surface area contributed by atoms with Gasteiger partial charge in [-0.3, -0.25) is 9.59 Å². The molecule has 2 aromatic rings. The summed E-state index contributed by atoms with van der Waals surface area (Å²) in [6, 6.07) is 16.6. The molecule has 0 spiro atoms. The van der Waals surface area contributed by atoms with Gasteiger partial charge in [-0.1, -0.05) is 36.4 Å². The Morgan fingerprint density at radius 3 is 2.22 bits per heavy atom. The van der Waals surface area contributed by atoms with E-state index in [2.05, 4.69) is 5.32 Å². The minimum atomic E-state index is -0.664. The van der Waals surface area contributed by atoms with E-state index < -0.39 is 5.41 Å². The summed E-state index contributed by atoms with van der Waals surface area (Å²) in [5.74, 6) is -0.207. The minimum Gasteiger partial charge on any atom is -0.345 e. The van der Waals surface area contributed by atoms with Crippen molar-refractivity contribution in [3.63, 3.8) is 0 Å². The summed E-state index contributed by atoms with van der Waals surface area (Å²) >= 11 is 0. The van der Waals surface area contributed by atoms with E-state index in [0.717, 1.165) is 5.56 Å². The second-order valence-electron chi connectivity index (χ2n) is 6.23. The number of rotatable bonds is 4. The Bertz CT molecular complexity index is 706. The van der Waals surface area contributed by atoms with Crippen LogP contribution in [0.2, 0.25) is 0 Å². The zero-order valence-electron chi connectivity index (χ0n) is 14.0. The first-order valence-electron chi connectivity index (χ1n) is 7.51. The smallest absolute Gasteiger partial charge is 0.253 e. The van der Waals surface area contributed by atoms with Crippen molar-refractivity contribution in [2.45, 2.75) is 19.3 Å². The molecular formula is C19H22N2O2. The molecule has 0 aliphatic heterocycles. The molecular weight excluding hydrogens is 288 g/mol. The molecule has 0 atom stereocenters. The van der Waals surface area contributed by atoms with Crippen LogP contribution >= 0.6 is 0 Å². The highest BCUT2D eigenvalue weighted by Gasteiger charge is 2.29. The highest BCUT2D eigenvalue weighted by Crippen LogP contribution is 2.25. The van der Waals surface area contributed by atoms with Gasteiger partial charge < -0.3 is 10.2 Å². The van der Waals surface area contributed by atoms with Gasteiger partial charge in [0.2, 0.25) is 5.91 Å². The Hall–Kier alpha value is -2.62. The third-order valence-corrected chi connectivity index (χ3v) is 3.84. The third-order valence-electron chi connectivity index (χ3n) is 3.84. The first kappa shape index (κ1) is 16.7. The largest absolute Gasteiger partial charge is 0.345 e. The van der Waals surface area contributed by atoms with E-state index >= 15 is 0 Å². The molecule has 0 aromatic heterocycles. The molecule has 0 fully saturated rings. The average molecular weight is 310 g/mol. The van der Waals surface area contributed by atoms with Crippen LogP contribution in [0.3, 0.4) is 0 Å². The molecule has 0 aliphatic carbocycles. The lowest BCUT2D eigenvalue weighted by Crippen LogP contribution is -2.34. The van der Waals surface area contributed by atoms with Gasteiger partial charge in [0.25, 0.3) is 5.91 Å². The lowest BCUT2D eigenvalue weighted by Gasteiger charge is -2.24. The summed E-state index contributed by atoms with van der Waals surface area (Å²) in [4.78, 5) is 26.2. The molecule has 2 amide bonds. The Morgan fingerprint density at radius 2 is 1.61 bits per heavy atom. The van der Waals surface area contributed by atoms with Crippen molar-refractivity contribution in [3.05, 3.63) is 65.7 Å². The summed E-state index contributed by atoms with van der Waals surface area (Å²) in [5, 5.41) is 2.91. The van der Waals surface area contributed by atoms with Gasteiger partial charge in [-0.05, 0) is 37.6 Å². The lowest BCUT2D eigenvalue weighted by molar-refractivity contribution is -0.120. The van der Waals surface area contributed by atoms with Gasteiger partial charge in [0, 0.05) is 25.3 Å². The summed E-state index contributed by atoms with van der Waals surface area (Å²) in [6.07, 6.45) is 0. The monoisotopic (exact) mass is 310 g/mol. The number of carbonyl (C=O) groups excluding carboxylic acids is 2. The molecule has 0 heterocycles. The summed E-state index contributed by atoms with van der Waals surface area (Å²) < 4.78 is 0. The number of nitrogens with one attached hydrogen (secondary N) is 1. The predicted octanol–water partition coefficient (Wildman–Crippen LogP) is 3.30. The maximum absolute atomic E-state index is 12.6. The van der Waals surface area contributed by atoms with E-state index in [9.17, 15) is 9.59 Å². The second-order valence-corrected chi connectivity index (χ2v) is 6.23. The van der Waals surface area contributed by atoms with Gasteiger partial charge in [-0.25, -0.2) is 0 Å². The van der Waals surface area contributed by atoms with Gasteiger partial charge in [0.1, 0.15) is 0 Å². The topological polar surface area (TPSA) is 49.4 Å². The molecule has 120 valence electrons. The van der Waals surface area contributed by atoms with Gasteiger partial charge in [-0.15, -0.1) is 0 Å². The van der Waals surface area contributed by atoms with Crippen LogP contribution in [0, 0.1) is 0 Å². The van der Waals surface area contributed by atoms with Crippen molar-refractivity contribution in [1.82, 2.24) is 4.90 Å². The van der Waals surface area contributed by atoms with E-state index in [4.69, 9.17) is 0 Å². The highest BCUT2D eigenvalue weighted by molar-refractivity contribution is 6.00. The number of benzene rings is 2. The first-order valence-corrected chi connectivity index (χ1v) is 7.51. The van der Waals surface area contributed by atoms with Crippen molar-refractivity contribution >= 4 is 17.5 Å². The Kier molecular flexibility index (Phi) is 4.84. The SMILES string of the molecule is CN(C)C(=O)c1cccc(NC(=O)C(C)(C)c2ccccc2)c1. The molecule has 0 aliphatic rings. The standard InChI is InChI=1S/C19H22N2O2/c1-19(2,15-10-6-5-7-11-15)18(23)20-16-12-8-9-14(13-16)17(22)21(3)4/h5-13H,1-4H3,(H,20,23). The Labute approximate surface area is 137 Å². The van der Waals surface area contributed by atoms with E-state index in [1.807, 2.05) is 44.2 Å². The normalized spacial score (nSPS) is 11.0. The number of carbonyl (C=O) groups is 2. The van der Waals surface area contributed by atoms with Crippen LogP contribution in [0.15, 0.2) is 54.6 Å². The van der Waals surface area contributed by atoms with E-state index in [-0.39, 0.29) is 11.8 Å². The van der Waals surface area contributed by atoms with E-state index in [1.165, 1.54) is 4.90 Å². The van der Waals surface area contributed by atoms with Crippen LogP contribution in [0.5, 0.6) is 0 Å². The van der Waals surface area contributed by atoms with Crippen molar-refractivity contribution in [2.75, 3.05) is 19.4 Å². The Balaban J connectivity index is 2.21. The number of nitrogens with zero attached hydrogens (tertiary/aromatic N) is 1. The van der Waals surface area contributed by atoms with Gasteiger partial charge in [-0.2, -0.15) is 0 Å². The number of hydrogen-bond donors (Lipinski definition) is 1. The molecule has 0 saturated heterocycles. The molecule has 1 N–H and O–H groups in total. The zero-order chi connectivity index (χ0) is 17.0. The fraction of sp³-hybridized carbons (Fsp3) is 0.263. The molecule has 0 saturated carbocycles. The van der Waals surface area contributed by atoms with Crippen molar-refractivity contribution in [2.24, 2.45) is 0 Å². The summed E-state index contributed by atoms with van der Waals surface area (Å²) in [6.45, 7) is 3.76. The molecule has 4 nitrogen and oxygen atoms in total. The fourth-order valence-electron chi connectivity index (χ4n) is 2.26. The molecule has 0 radical (unpaired) electrons. The van der Waals surface area contributed by atoms with Crippen LogP contribution in [0.1, 0.15) is 29.8 Å². The third kappa shape index (κ3) is 3.77. The van der Waals surface area contributed by atoms with Crippen molar-refractivity contribution in [1.29, 1.82) is 0 Å². The Morgan fingerprint density at radius 1 is 0.957 bits per heavy atom. The molecule has 0 bridgehead atoms. The average Bonchev–Trinajstić information content (AvgIpc) is 2.55. The van der Waals surface area contributed by atoms with Gasteiger partial charge in [0.05, 0.1) is 5.41 Å². The first-order chi connectivity index (χ1) is 10.8. The van der Waals surface area contributed by atoms with Crippen LogP contribution in [0.4, 0.5) is 5.69 Å². The number of hydrogen-bond acceptors (Lipinski definition) is 2. The highest BCUT2D eigenvalue weighted by atomic mass is 16.2. The molecule has 23 heavy (non-hydrogen) atoms. The quantitative estimate of drug-likeness (QED) is 0.942. The number of amides is 2. The second kappa shape index (κ2) is 6.65. The van der Waals surface area contributed by atoms with Crippen molar-refractivity contribution in [3.8, 4) is 0 Å². The fourth-order valence-corrected chi connectivity index (χ4v) is 2.26. The van der Waals surface area contributed by atoms with Crippen molar-refractivity contribution < 1.29 is 9.59 Å². The zero-order valence-corrected chi connectivity index (χ0v) is 14.0. The summed E-state index contributed by atoms with van der Waals surface area (Å²) in [5.41, 5.74) is 1.44. The lowest BCUT2D eigenvalue weighted by atomic mass is 9.83. The van der Waals surface area contributed by atoms with E-state index in [1.54, 1.807) is 38.4 Å². The van der Waals surface area contributed by atoms with Gasteiger partial charge in [0.15, 0.2) is 0 Å². The van der Waals surface area contributed by atoms with Crippen LogP contribution in [-0.2, 0) is 10.2 Å². The van der Waals surface area contributed by atoms with Crippen LogP contribution in [0.25, 0.3) is 0 Å². The molecule has 0 unspecified atom stereocenters. The molecule has 2 rings (SSSR count). The van der Waals surface area contributed by atoms with Crippen LogP contribution in [-0.4, -0.2) is 30.8 Å². The predicted molar refractivity (Wildman–Crippen MR) is 92.6 cm³/mol. The maximum Gasteiger partial charge on any atom is 0.253 e. The number of anilines is 1. The molecule has 4 heteroatoms. The maximum atomic E-state index is 12.6. The van der Waals surface area contributed by atoms with Gasteiger partial charge >= 0.3 is 0 Å². The molecule has 2 aromatic carbocycles. The summed E-state index contributed by atoms with van der Waals surface area (Å²) in [7, 11) is 3.40. The minimum absolute atomic E-state index is 0.0941.